The summed E-state index contributed by atoms with van der Waals surface area (Å²) in [6, 6.07) is 12.5. The number of aromatic nitrogens is 3. The van der Waals surface area contributed by atoms with Gasteiger partial charge in [-0.15, -0.1) is 0 Å². The minimum absolute atomic E-state index is 0.183. The van der Waals surface area contributed by atoms with Gasteiger partial charge in [0, 0.05) is 37.7 Å². The average Bonchev–Trinajstić information content (AvgIpc) is 3.13. The van der Waals surface area contributed by atoms with E-state index in [1.807, 2.05) is 37.4 Å². The van der Waals surface area contributed by atoms with Crippen LogP contribution >= 0.6 is 0 Å². The van der Waals surface area contributed by atoms with E-state index in [2.05, 4.69) is 15.4 Å². The van der Waals surface area contributed by atoms with Crippen LogP contribution in [-0.2, 0) is 11.8 Å². The molecule has 0 aliphatic heterocycles. The first kappa shape index (κ1) is 18.6. The zero-order chi connectivity index (χ0) is 19.2. The largest absolute Gasteiger partial charge is 0.494 e. The zero-order valence-corrected chi connectivity index (χ0v) is 15.5. The van der Waals surface area contributed by atoms with Crippen molar-refractivity contribution in [1.29, 1.82) is 0 Å². The molecule has 0 fully saturated rings. The molecule has 1 aromatic carbocycles. The summed E-state index contributed by atoms with van der Waals surface area (Å²) in [6.07, 6.45) is 3.40. The van der Waals surface area contributed by atoms with Crippen molar-refractivity contribution in [2.75, 3.05) is 20.8 Å². The molecule has 140 valence electrons. The third-order valence-electron chi connectivity index (χ3n) is 4.27. The molecule has 3 aromatic rings. The lowest BCUT2D eigenvalue weighted by atomic mass is 10.1. The third-order valence-corrected chi connectivity index (χ3v) is 4.27. The molecule has 0 spiro atoms. The first-order chi connectivity index (χ1) is 13.1. The van der Waals surface area contributed by atoms with Gasteiger partial charge in [-0.3, -0.25) is 14.5 Å². The van der Waals surface area contributed by atoms with Crippen LogP contribution in [0.25, 0.3) is 11.3 Å². The zero-order valence-electron chi connectivity index (χ0n) is 15.5. The Morgan fingerprint density at radius 3 is 2.56 bits per heavy atom. The van der Waals surface area contributed by atoms with E-state index in [0.29, 0.717) is 17.9 Å². The Labute approximate surface area is 158 Å². The Balaban J connectivity index is 1.78. The highest BCUT2D eigenvalue weighted by Gasteiger charge is 2.18. The molecule has 0 aliphatic carbocycles. The summed E-state index contributed by atoms with van der Waals surface area (Å²) in [5.74, 6) is 0.504. The van der Waals surface area contributed by atoms with Crippen molar-refractivity contribution in [3.8, 4) is 17.0 Å². The highest BCUT2D eigenvalue weighted by molar-refractivity contribution is 5.95. The number of aryl methyl sites for hydroxylation is 1. The lowest BCUT2D eigenvalue weighted by Crippen LogP contribution is -2.32. The van der Waals surface area contributed by atoms with Crippen LogP contribution in [0, 0.1) is 0 Å². The fourth-order valence-corrected chi connectivity index (χ4v) is 2.89. The molecular weight excluding hydrogens is 344 g/mol. The lowest BCUT2D eigenvalue weighted by Gasteiger charge is -2.18. The monoisotopic (exact) mass is 366 g/mol. The molecule has 0 unspecified atom stereocenters. The van der Waals surface area contributed by atoms with Crippen molar-refractivity contribution in [3.63, 3.8) is 0 Å². The topological polar surface area (TPSA) is 78.3 Å². The minimum atomic E-state index is -0.287. The lowest BCUT2D eigenvalue weighted by molar-refractivity contribution is 0.0892. The predicted molar refractivity (Wildman–Crippen MR) is 102 cm³/mol. The molecule has 2 aromatic heterocycles. The Hall–Kier alpha value is -3.19. The third kappa shape index (κ3) is 4.15. The maximum Gasteiger partial charge on any atom is 0.251 e. The molecule has 1 N–H and O–H groups in total. The molecule has 7 heteroatoms. The molecule has 3 rings (SSSR count). The standard InChI is InChI=1S/C20H22N4O3/c1-24-17(10-12-22-24)16(13-26-2)23-20(25)15-8-6-14(7-9-15)19-18(27-3)5-4-11-21-19/h4-12,16H,13H2,1-3H3,(H,23,25)/t16-/m0/s1. The van der Waals surface area contributed by atoms with Gasteiger partial charge in [-0.05, 0) is 30.3 Å². The van der Waals surface area contributed by atoms with Crippen LogP contribution in [0.15, 0.2) is 54.9 Å². The van der Waals surface area contributed by atoms with Gasteiger partial charge in [-0.25, -0.2) is 0 Å². The van der Waals surface area contributed by atoms with Crippen LogP contribution < -0.4 is 10.1 Å². The number of carbonyl (C=O) groups is 1. The summed E-state index contributed by atoms with van der Waals surface area (Å²) >= 11 is 0. The number of ether oxygens (including phenoxy) is 2. The summed E-state index contributed by atoms with van der Waals surface area (Å²) in [7, 11) is 5.04. The molecule has 27 heavy (non-hydrogen) atoms. The number of nitrogens with zero attached hydrogens (tertiary/aromatic N) is 3. The number of methoxy groups -OCH3 is 2. The van der Waals surface area contributed by atoms with Gasteiger partial charge in [0.2, 0.25) is 0 Å². The SMILES string of the molecule is COC[C@H](NC(=O)c1ccc(-c2ncccc2OC)cc1)c1ccnn1C. The number of pyridine rings is 1. The summed E-state index contributed by atoms with van der Waals surface area (Å²) < 4.78 is 12.3. The van der Waals surface area contributed by atoms with Gasteiger partial charge in [0.15, 0.2) is 0 Å². The molecule has 1 atom stereocenters. The maximum absolute atomic E-state index is 12.7. The van der Waals surface area contributed by atoms with Crippen molar-refractivity contribution in [2.45, 2.75) is 6.04 Å². The minimum Gasteiger partial charge on any atom is -0.494 e. The van der Waals surface area contributed by atoms with Crippen LogP contribution in [0.1, 0.15) is 22.1 Å². The molecule has 0 radical (unpaired) electrons. The fourth-order valence-electron chi connectivity index (χ4n) is 2.89. The van der Waals surface area contributed by atoms with Gasteiger partial charge in [0.25, 0.3) is 5.91 Å². The Morgan fingerprint density at radius 2 is 1.93 bits per heavy atom. The molecule has 2 heterocycles. The van der Waals surface area contributed by atoms with E-state index in [4.69, 9.17) is 9.47 Å². The number of hydrogen-bond acceptors (Lipinski definition) is 5. The quantitative estimate of drug-likeness (QED) is 0.695. The van der Waals surface area contributed by atoms with Crippen LogP contribution in [0.2, 0.25) is 0 Å². The van der Waals surface area contributed by atoms with E-state index in [1.165, 1.54) is 0 Å². The van der Waals surface area contributed by atoms with Gasteiger partial charge in [0.05, 0.1) is 25.5 Å². The fraction of sp³-hybridized carbons (Fsp3) is 0.250. The first-order valence-electron chi connectivity index (χ1n) is 8.51. The Morgan fingerprint density at radius 1 is 1.15 bits per heavy atom. The summed E-state index contributed by atoms with van der Waals surface area (Å²) in [4.78, 5) is 17.0. The highest BCUT2D eigenvalue weighted by atomic mass is 16.5. The number of hydrogen-bond donors (Lipinski definition) is 1. The number of carbonyl (C=O) groups excluding carboxylic acids is 1. The van der Waals surface area contributed by atoms with Gasteiger partial charge in [-0.2, -0.15) is 5.10 Å². The summed E-state index contributed by atoms with van der Waals surface area (Å²) in [5, 5.41) is 7.15. The Kier molecular flexibility index (Phi) is 5.83. The number of benzene rings is 1. The molecule has 0 bridgehead atoms. The number of amides is 1. The Bertz CT molecular complexity index is 906. The van der Waals surface area contributed by atoms with Crippen molar-refractivity contribution < 1.29 is 14.3 Å². The first-order valence-corrected chi connectivity index (χ1v) is 8.51. The normalized spacial score (nSPS) is 11.8. The van der Waals surface area contributed by atoms with Gasteiger partial charge >= 0.3 is 0 Å². The average molecular weight is 366 g/mol. The second-order valence-corrected chi connectivity index (χ2v) is 5.99. The van der Waals surface area contributed by atoms with Crippen molar-refractivity contribution in [2.24, 2.45) is 7.05 Å². The van der Waals surface area contributed by atoms with Crippen LogP contribution in [0.5, 0.6) is 5.75 Å². The van der Waals surface area contributed by atoms with E-state index in [9.17, 15) is 4.79 Å². The van der Waals surface area contributed by atoms with E-state index in [0.717, 1.165) is 17.0 Å². The van der Waals surface area contributed by atoms with Gasteiger partial charge < -0.3 is 14.8 Å². The van der Waals surface area contributed by atoms with Crippen LogP contribution in [0.3, 0.4) is 0 Å². The maximum atomic E-state index is 12.7. The second kappa shape index (κ2) is 8.46. The molecule has 0 saturated carbocycles. The summed E-state index contributed by atoms with van der Waals surface area (Å²) in [5.41, 5.74) is 3.04. The van der Waals surface area contributed by atoms with Gasteiger partial charge in [0.1, 0.15) is 11.4 Å². The predicted octanol–water partition coefficient (Wildman–Crippen LogP) is 2.61. The number of nitrogens with one attached hydrogen (secondary N) is 1. The number of rotatable bonds is 7. The molecule has 7 nitrogen and oxygen atoms in total. The van der Waals surface area contributed by atoms with E-state index in [1.54, 1.807) is 43.4 Å². The summed E-state index contributed by atoms with van der Waals surface area (Å²) in [6.45, 7) is 0.356. The van der Waals surface area contributed by atoms with Crippen LogP contribution in [0.4, 0.5) is 0 Å². The second-order valence-electron chi connectivity index (χ2n) is 5.99. The van der Waals surface area contributed by atoms with Crippen molar-refractivity contribution >= 4 is 5.91 Å². The van der Waals surface area contributed by atoms with Crippen molar-refractivity contribution in [1.82, 2.24) is 20.1 Å². The highest BCUT2D eigenvalue weighted by Crippen LogP contribution is 2.27. The van der Waals surface area contributed by atoms with Gasteiger partial charge in [-0.1, -0.05) is 12.1 Å². The molecule has 0 aliphatic rings. The van der Waals surface area contributed by atoms with E-state index >= 15 is 0 Å². The smallest absolute Gasteiger partial charge is 0.251 e. The van der Waals surface area contributed by atoms with Crippen LogP contribution in [-0.4, -0.2) is 41.5 Å². The van der Waals surface area contributed by atoms with E-state index < -0.39 is 0 Å². The van der Waals surface area contributed by atoms with E-state index in [-0.39, 0.29) is 11.9 Å². The molecule has 1 amide bonds. The van der Waals surface area contributed by atoms with Crippen molar-refractivity contribution in [3.05, 3.63) is 66.1 Å². The molecular formula is C20H22N4O3. The molecule has 0 saturated heterocycles.